The Balaban J connectivity index is 1.73. The number of halogens is 3. The van der Waals surface area contributed by atoms with Crippen LogP contribution in [-0.4, -0.2) is 14.8 Å². The molecule has 3 nitrogen and oxygen atoms in total. The predicted molar refractivity (Wildman–Crippen MR) is 118 cm³/mol. The highest BCUT2D eigenvalue weighted by Gasteiger charge is 2.16. The minimum absolute atomic E-state index is 0.678. The minimum Gasteiger partial charge on any atom is -0.270 e. The van der Waals surface area contributed by atoms with Crippen LogP contribution in [0.25, 0.3) is 17.1 Å². The number of nitrogens with zero attached hydrogens (tertiary/aromatic N) is 3. The fourth-order valence-corrected chi connectivity index (χ4v) is 4.11. The number of hydrogen-bond acceptors (Lipinski definition) is 3. The van der Waals surface area contributed by atoms with Crippen LogP contribution in [-0.2, 0) is 5.75 Å². The molecule has 28 heavy (non-hydrogen) atoms. The molecule has 0 aliphatic carbocycles. The van der Waals surface area contributed by atoms with Gasteiger partial charge in [-0.1, -0.05) is 58.7 Å². The van der Waals surface area contributed by atoms with E-state index in [0.717, 1.165) is 38.6 Å². The fourth-order valence-electron chi connectivity index (χ4n) is 2.75. The van der Waals surface area contributed by atoms with Crippen LogP contribution in [0.2, 0.25) is 15.1 Å². The first kappa shape index (κ1) is 19.3. The highest BCUT2D eigenvalue weighted by molar-refractivity contribution is 7.98. The van der Waals surface area contributed by atoms with Gasteiger partial charge < -0.3 is 0 Å². The molecule has 3 aromatic carbocycles. The molecule has 4 aromatic rings. The Morgan fingerprint density at radius 2 is 1.43 bits per heavy atom. The smallest absolute Gasteiger partial charge is 0.196 e. The summed E-state index contributed by atoms with van der Waals surface area (Å²) >= 11 is 19.8. The van der Waals surface area contributed by atoms with Gasteiger partial charge in [-0.15, -0.1) is 10.2 Å². The van der Waals surface area contributed by atoms with Crippen molar-refractivity contribution in [3.63, 3.8) is 0 Å². The zero-order valence-electron chi connectivity index (χ0n) is 14.5. The van der Waals surface area contributed by atoms with Crippen molar-refractivity contribution in [2.75, 3.05) is 0 Å². The molecule has 0 amide bonds. The lowest BCUT2D eigenvalue weighted by Gasteiger charge is -2.11. The van der Waals surface area contributed by atoms with E-state index in [1.165, 1.54) is 0 Å². The van der Waals surface area contributed by atoms with Gasteiger partial charge in [-0.05, 0) is 66.2 Å². The topological polar surface area (TPSA) is 30.7 Å². The quantitative estimate of drug-likeness (QED) is 0.304. The van der Waals surface area contributed by atoms with Gasteiger partial charge in [0.05, 0.1) is 0 Å². The molecule has 0 saturated carbocycles. The van der Waals surface area contributed by atoms with Crippen LogP contribution >= 0.6 is 46.6 Å². The molecule has 0 aliphatic heterocycles. The van der Waals surface area contributed by atoms with Crippen molar-refractivity contribution in [3.8, 4) is 17.1 Å². The predicted octanol–water partition coefficient (Wildman–Crippen LogP) is 7.19. The van der Waals surface area contributed by atoms with Crippen molar-refractivity contribution in [1.29, 1.82) is 0 Å². The van der Waals surface area contributed by atoms with E-state index in [4.69, 9.17) is 34.8 Å². The summed E-state index contributed by atoms with van der Waals surface area (Å²) in [4.78, 5) is 0. The summed E-state index contributed by atoms with van der Waals surface area (Å²) in [6.45, 7) is 0. The van der Waals surface area contributed by atoms with Crippen LogP contribution in [0.3, 0.4) is 0 Å². The number of hydrogen-bond donors (Lipinski definition) is 0. The van der Waals surface area contributed by atoms with Crippen LogP contribution in [0.4, 0.5) is 0 Å². The summed E-state index contributed by atoms with van der Waals surface area (Å²) in [6.07, 6.45) is 0. The molecule has 0 fully saturated rings. The number of aromatic nitrogens is 3. The van der Waals surface area contributed by atoms with Gasteiger partial charge in [0, 0.05) is 32.1 Å². The lowest BCUT2D eigenvalue weighted by Crippen LogP contribution is -1.99. The monoisotopic (exact) mass is 445 g/mol. The van der Waals surface area contributed by atoms with E-state index in [0.29, 0.717) is 10.0 Å². The summed E-state index contributed by atoms with van der Waals surface area (Å²) in [6, 6.07) is 23.0. The molecule has 0 atom stereocenters. The zero-order valence-corrected chi connectivity index (χ0v) is 17.6. The molecule has 7 heteroatoms. The third-order valence-electron chi connectivity index (χ3n) is 4.08. The Morgan fingerprint density at radius 3 is 2.11 bits per heavy atom. The zero-order chi connectivity index (χ0) is 19.5. The Morgan fingerprint density at radius 1 is 0.750 bits per heavy atom. The van der Waals surface area contributed by atoms with Gasteiger partial charge in [0.2, 0.25) is 0 Å². The highest BCUT2D eigenvalue weighted by Crippen LogP contribution is 2.31. The van der Waals surface area contributed by atoms with Crippen LogP contribution in [0.1, 0.15) is 5.56 Å². The van der Waals surface area contributed by atoms with E-state index in [9.17, 15) is 0 Å². The number of benzene rings is 3. The SMILES string of the molecule is Clc1ccc(-c2nnc(SCc3cccc(Cl)c3)n2-c2ccc(Cl)cc2)cc1. The molecule has 0 spiro atoms. The lowest BCUT2D eigenvalue weighted by atomic mass is 10.2. The summed E-state index contributed by atoms with van der Waals surface area (Å²) in [5, 5.41) is 11.7. The molecule has 4 rings (SSSR count). The number of thioether (sulfide) groups is 1. The van der Waals surface area contributed by atoms with E-state index in [1.807, 2.05) is 77.4 Å². The maximum absolute atomic E-state index is 6.10. The molecule has 1 aromatic heterocycles. The van der Waals surface area contributed by atoms with Crippen molar-refractivity contribution >= 4 is 46.6 Å². The maximum atomic E-state index is 6.10. The Labute approximate surface area is 182 Å². The standard InChI is InChI=1S/C21H14Cl3N3S/c22-16-6-4-15(5-7-16)20-25-26-21(27(20)19-10-8-17(23)9-11-19)28-13-14-2-1-3-18(24)12-14/h1-12H,13H2. The Bertz CT molecular complexity index is 1090. The molecule has 0 radical (unpaired) electrons. The van der Waals surface area contributed by atoms with Crippen LogP contribution in [0, 0.1) is 0 Å². The average Bonchev–Trinajstić information content (AvgIpc) is 3.11. The Hall–Kier alpha value is -1.98. The van der Waals surface area contributed by atoms with Crippen molar-refractivity contribution in [3.05, 3.63) is 93.4 Å². The first-order chi connectivity index (χ1) is 13.6. The summed E-state index contributed by atoms with van der Waals surface area (Å²) in [5.74, 6) is 1.47. The average molecular weight is 447 g/mol. The van der Waals surface area contributed by atoms with Crippen molar-refractivity contribution in [2.24, 2.45) is 0 Å². The third-order valence-corrected chi connectivity index (χ3v) is 5.82. The molecule has 0 bridgehead atoms. The van der Waals surface area contributed by atoms with Crippen LogP contribution < -0.4 is 0 Å². The van der Waals surface area contributed by atoms with E-state index in [2.05, 4.69) is 10.2 Å². The van der Waals surface area contributed by atoms with E-state index in [-0.39, 0.29) is 0 Å². The van der Waals surface area contributed by atoms with Crippen molar-refractivity contribution in [2.45, 2.75) is 10.9 Å². The molecular formula is C21H14Cl3N3S. The minimum atomic E-state index is 0.678. The van der Waals surface area contributed by atoms with Crippen LogP contribution in [0.15, 0.2) is 78.0 Å². The van der Waals surface area contributed by atoms with E-state index in [1.54, 1.807) is 11.8 Å². The van der Waals surface area contributed by atoms with Gasteiger partial charge in [0.1, 0.15) is 0 Å². The molecule has 0 aliphatic rings. The van der Waals surface area contributed by atoms with Gasteiger partial charge in [0.15, 0.2) is 11.0 Å². The first-order valence-electron chi connectivity index (χ1n) is 8.45. The highest BCUT2D eigenvalue weighted by atomic mass is 35.5. The second-order valence-electron chi connectivity index (χ2n) is 6.04. The van der Waals surface area contributed by atoms with E-state index < -0.39 is 0 Å². The lowest BCUT2D eigenvalue weighted by molar-refractivity contribution is 0.886. The van der Waals surface area contributed by atoms with Crippen molar-refractivity contribution in [1.82, 2.24) is 14.8 Å². The maximum Gasteiger partial charge on any atom is 0.196 e. The summed E-state index contributed by atoms with van der Waals surface area (Å²) in [7, 11) is 0. The normalized spacial score (nSPS) is 11.0. The molecule has 140 valence electrons. The molecular weight excluding hydrogens is 433 g/mol. The largest absolute Gasteiger partial charge is 0.270 e. The Kier molecular flexibility index (Phi) is 5.93. The van der Waals surface area contributed by atoms with Gasteiger partial charge in [-0.25, -0.2) is 0 Å². The third kappa shape index (κ3) is 4.36. The molecule has 1 heterocycles. The fraction of sp³-hybridized carbons (Fsp3) is 0.0476. The second-order valence-corrected chi connectivity index (χ2v) is 8.30. The summed E-state index contributed by atoms with van der Waals surface area (Å²) in [5.41, 5.74) is 2.99. The molecule has 0 unspecified atom stereocenters. The van der Waals surface area contributed by atoms with Crippen LogP contribution in [0.5, 0.6) is 0 Å². The first-order valence-corrected chi connectivity index (χ1v) is 10.6. The molecule has 0 saturated heterocycles. The van der Waals surface area contributed by atoms with Gasteiger partial charge in [0.25, 0.3) is 0 Å². The number of rotatable bonds is 5. The van der Waals surface area contributed by atoms with E-state index >= 15 is 0 Å². The summed E-state index contributed by atoms with van der Waals surface area (Å²) < 4.78 is 2.02. The van der Waals surface area contributed by atoms with Gasteiger partial charge in [-0.3, -0.25) is 4.57 Å². The molecule has 0 N–H and O–H groups in total. The van der Waals surface area contributed by atoms with Gasteiger partial charge >= 0.3 is 0 Å². The van der Waals surface area contributed by atoms with Gasteiger partial charge in [-0.2, -0.15) is 0 Å². The second kappa shape index (κ2) is 8.58. The van der Waals surface area contributed by atoms with Crippen molar-refractivity contribution < 1.29 is 0 Å².